The van der Waals surface area contributed by atoms with Gasteiger partial charge in [0.2, 0.25) is 5.78 Å². The molecule has 0 radical (unpaired) electrons. The van der Waals surface area contributed by atoms with Crippen molar-refractivity contribution in [1.29, 1.82) is 0 Å². The number of nitrogens with one attached hydrogen (secondary N) is 2. The normalized spacial score (nSPS) is 16.1. The number of nitrogen functional groups attached to an aromatic ring is 1. The third-order valence-corrected chi connectivity index (χ3v) is 5.36. The number of ketones is 1. The second-order valence-electron chi connectivity index (χ2n) is 6.45. The van der Waals surface area contributed by atoms with E-state index in [9.17, 15) is 9.18 Å². The summed E-state index contributed by atoms with van der Waals surface area (Å²) in [4.78, 5) is 17.1. The summed E-state index contributed by atoms with van der Waals surface area (Å²) >= 11 is 1.13. The number of carbonyl (C=O) groups excluding carboxylic acids is 1. The number of halogens is 1. The first-order valence-corrected chi connectivity index (χ1v) is 9.71. The fourth-order valence-corrected chi connectivity index (χ4v) is 3.84. The van der Waals surface area contributed by atoms with Gasteiger partial charge in [0, 0.05) is 17.8 Å². The number of hydrogen-bond acceptors (Lipinski definition) is 7. The quantitative estimate of drug-likeness (QED) is 0.550. The van der Waals surface area contributed by atoms with Crippen LogP contribution in [0.4, 0.5) is 21.0 Å². The maximum Gasteiger partial charge on any atom is 0.206 e. The molecular weight excluding hydrogens is 379 g/mol. The van der Waals surface area contributed by atoms with Crippen LogP contribution in [0.3, 0.4) is 0 Å². The Morgan fingerprint density at radius 1 is 1.29 bits per heavy atom. The lowest BCUT2D eigenvalue weighted by Gasteiger charge is -2.12. The van der Waals surface area contributed by atoms with Crippen molar-refractivity contribution in [2.24, 2.45) is 0 Å². The molecule has 1 aliphatic rings. The first-order chi connectivity index (χ1) is 13.6. The van der Waals surface area contributed by atoms with Crippen LogP contribution in [0.1, 0.15) is 21.7 Å². The largest absolute Gasteiger partial charge is 0.489 e. The molecule has 2 heterocycles. The zero-order valence-corrected chi connectivity index (χ0v) is 15.8. The number of benzene rings is 2. The maximum atomic E-state index is 13.4. The highest BCUT2D eigenvalue weighted by atomic mass is 32.1. The van der Waals surface area contributed by atoms with Crippen LogP contribution < -0.4 is 21.1 Å². The summed E-state index contributed by atoms with van der Waals surface area (Å²) in [6.07, 6.45) is 1.20. The van der Waals surface area contributed by atoms with E-state index in [0.29, 0.717) is 5.13 Å². The summed E-state index contributed by atoms with van der Waals surface area (Å²) in [6, 6.07) is 13.0. The van der Waals surface area contributed by atoms with Crippen LogP contribution in [0.15, 0.2) is 48.5 Å². The van der Waals surface area contributed by atoms with Crippen molar-refractivity contribution in [3.05, 3.63) is 64.8 Å². The van der Waals surface area contributed by atoms with Crippen LogP contribution in [0.2, 0.25) is 0 Å². The molecule has 1 aliphatic heterocycles. The van der Waals surface area contributed by atoms with Gasteiger partial charge in [-0.2, -0.15) is 0 Å². The number of nitrogens with two attached hydrogens (primary N) is 1. The van der Waals surface area contributed by atoms with Gasteiger partial charge in [0.25, 0.3) is 0 Å². The van der Waals surface area contributed by atoms with Crippen molar-refractivity contribution in [1.82, 2.24) is 10.3 Å². The first-order valence-electron chi connectivity index (χ1n) is 8.89. The molecule has 8 heteroatoms. The molecule has 4 rings (SSSR count). The molecular formula is C20H19FN4O2S. The Morgan fingerprint density at radius 3 is 2.82 bits per heavy atom. The Morgan fingerprint density at radius 2 is 2.11 bits per heavy atom. The molecule has 0 amide bonds. The van der Waals surface area contributed by atoms with Crippen molar-refractivity contribution in [2.75, 3.05) is 24.1 Å². The van der Waals surface area contributed by atoms with E-state index in [1.165, 1.54) is 18.2 Å². The number of nitrogens with zero attached hydrogens (tertiary/aromatic N) is 1. The SMILES string of the molecule is Nc1nc(Nc2ccc(OC3CCNC3)cc2)sc1C(=O)c1cccc(F)c1. The number of carbonyl (C=O) groups is 1. The van der Waals surface area contributed by atoms with Gasteiger partial charge in [-0.05, 0) is 49.4 Å². The average Bonchev–Trinajstić information content (AvgIpc) is 3.32. The Labute approximate surface area is 165 Å². The lowest BCUT2D eigenvalue weighted by molar-refractivity contribution is 0.104. The number of thiazole rings is 1. The molecule has 1 fully saturated rings. The number of aromatic nitrogens is 1. The van der Waals surface area contributed by atoms with Crippen LogP contribution in [-0.4, -0.2) is 30.0 Å². The van der Waals surface area contributed by atoms with Crippen LogP contribution >= 0.6 is 11.3 Å². The highest BCUT2D eigenvalue weighted by molar-refractivity contribution is 7.18. The van der Waals surface area contributed by atoms with Gasteiger partial charge in [0.05, 0.1) is 0 Å². The third kappa shape index (κ3) is 4.13. The molecule has 0 bridgehead atoms. The number of rotatable bonds is 6. The molecule has 3 aromatic rings. The minimum atomic E-state index is -0.469. The van der Waals surface area contributed by atoms with E-state index in [1.807, 2.05) is 24.3 Å². The molecule has 1 aromatic heterocycles. The predicted molar refractivity (Wildman–Crippen MR) is 108 cm³/mol. The molecule has 144 valence electrons. The van der Waals surface area contributed by atoms with Gasteiger partial charge in [-0.15, -0.1) is 0 Å². The molecule has 6 nitrogen and oxygen atoms in total. The molecule has 0 aliphatic carbocycles. The van der Waals surface area contributed by atoms with Crippen LogP contribution in [-0.2, 0) is 0 Å². The second kappa shape index (κ2) is 7.95. The molecule has 1 atom stereocenters. The maximum absolute atomic E-state index is 13.4. The molecule has 0 spiro atoms. The van der Waals surface area contributed by atoms with Crippen LogP contribution in [0.25, 0.3) is 0 Å². The van der Waals surface area contributed by atoms with Gasteiger partial charge >= 0.3 is 0 Å². The standard InChI is InChI=1S/C20H19FN4O2S/c21-13-3-1-2-12(10-13)17(26)18-19(22)25-20(28-18)24-14-4-6-15(7-5-14)27-16-8-9-23-11-16/h1-7,10,16,23H,8-9,11,22H2,(H,24,25). The Kier molecular flexibility index (Phi) is 5.23. The van der Waals surface area contributed by atoms with Crippen molar-refractivity contribution < 1.29 is 13.9 Å². The van der Waals surface area contributed by atoms with E-state index in [2.05, 4.69) is 15.6 Å². The smallest absolute Gasteiger partial charge is 0.206 e. The fourth-order valence-electron chi connectivity index (χ4n) is 2.97. The summed E-state index contributed by atoms with van der Waals surface area (Å²) in [7, 11) is 0. The van der Waals surface area contributed by atoms with E-state index < -0.39 is 5.82 Å². The summed E-state index contributed by atoms with van der Waals surface area (Å²) in [5.74, 6) is 0.106. The molecule has 4 N–H and O–H groups in total. The second-order valence-corrected chi connectivity index (χ2v) is 7.45. The topological polar surface area (TPSA) is 89.3 Å². The third-order valence-electron chi connectivity index (χ3n) is 4.37. The number of anilines is 3. The highest BCUT2D eigenvalue weighted by Crippen LogP contribution is 2.30. The van der Waals surface area contributed by atoms with E-state index in [4.69, 9.17) is 10.5 Å². The molecule has 1 saturated heterocycles. The molecule has 28 heavy (non-hydrogen) atoms. The molecule has 2 aromatic carbocycles. The van der Waals surface area contributed by atoms with Crippen molar-refractivity contribution >= 4 is 33.8 Å². The van der Waals surface area contributed by atoms with E-state index in [1.54, 1.807) is 6.07 Å². The summed E-state index contributed by atoms with van der Waals surface area (Å²) < 4.78 is 19.3. The molecule has 0 saturated carbocycles. The predicted octanol–water partition coefficient (Wildman–Crippen LogP) is 3.58. The average molecular weight is 398 g/mol. The van der Waals surface area contributed by atoms with Gasteiger partial charge in [0.1, 0.15) is 28.4 Å². The lowest BCUT2D eigenvalue weighted by Crippen LogP contribution is -2.19. The first kappa shape index (κ1) is 18.4. The highest BCUT2D eigenvalue weighted by Gasteiger charge is 2.19. The van der Waals surface area contributed by atoms with Gasteiger partial charge in [-0.3, -0.25) is 4.79 Å². The van der Waals surface area contributed by atoms with Crippen LogP contribution in [0, 0.1) is 5.82 Å². The lowest BCUT2D eigenvalue weighted by atomic mass is 10.1. The van der Waals surface area contributed by atoms with Gasteiger partial charge in [0.15, 0.2) is 5.13 Å². The zero-order valence-electron chi connectivity index (χ0n) is 14.9. The van der Waals surface area contributed by atoms with Crippen LogP contribution in [0.5, 0.6) is 5.75 Å². The summed E-state index contributed by atoms with van der Waals surface area (Å²) in [6.45, 7) is 1.84. The number of hydrogen-bond donors (Lipinski definition) is 3. The molecule has 1 unspecified atom stereocenters. The zero-order chi connectivity index (χ0) is 19.5. The van der Waals surface area contributed by atoms with E-state index >= 15 is 0 Å². The minimum absolute atomic E-state index is 0.121. The number of ether oxygens (including phenoxy) is 1. The van der Waals surface area contributed by atoms with Gasteiger partial charge in [-0.25, -0.2) is 9.37 Å². The summed E-state index contributed by atoms with van der Waals surface area (Å²) in [5, 5.41) is 6.89. The minimum Gasteiger partial charge on any atom is -0.489 e. The fraction of sp³-hybridized carbons (Fsp3) is 0.200. The van der Waals surface area contributed by atoms with Crippen molar-refractivity contribution in [3.8, 4) is 5.75 Å². The van der Waals surface area contributed by atoms with Crippen molar-refractivity contribution in [2.45, 2.75) is 12.5 Å². The summed E-state index contributed by atoms with van der Waals surface area (Å²) in [5.41, 5.74) is 6.95. The van der Waals surface area contributed by atoms with Gasteiger partial charge < -0.3 is 21.1 Å². The van der Waals surface area contributed by atoms with E-state index in [0.717, 1.165) is 42.3 Å². The van der Waals surface area contributed by atoms with Gasteiger partial charge in [-0.1, -0.05) is 23.5 Å². The Bertz CT molecular complexity index is 984. The monoisotopic (exact) mass is 398 g/mol. The van der Waals surface area contributed by atoms with Crippen molar-refractivity contribution in [3.63, 3.8) is 0 Å². The Balaban J connectivity index is 1.45. The Hall–Kier alpha value is -2.97. The van der Waals surface area contributed by atoms with E-state index in [-0.39, 0.29) is 28.1 Å².